The van der Waals surface area contributed by atoms with E-state index < -0.39 is 6.10 Å². The minimum atomic E-state index is -0.424. The zero-order chi connectivity index (χ0) is 14.5. The number of hydrogen-bond acceptors (Lipinski definition) is 3. The third-order valence-corrected chi connectivity index (χ3v) is 3.54. The molecule has 6 heteroatoms. The first-order valence-electron chi connectivity index (χ1n) is 6.99. The van der Waals surface area contributed by atoms with Crippen LogP contribution in [0.5, 0.6) is 0 Å². The average molecular weight is 317 g/mol. The molecule has 118 valence electrons. The van der Waals surface area contributed by atoms with E-state index in [1.54, 1.807) is 18.2 Å². The minimum Gasteiger partial charge on any atom is -0.364 e. The highest BCUT2D eigenvalue weighted by Crippen LogP contribution is 2.19. The predicted molar refractivity (Wildman–Crippen MR) is 81.9 cm³/mol. The molecule has 1 aliphatic rings. The number of ether oxygens (including phenoxy) is 1. The van der Waals surface area contributed by atoms with Crippen LogP contribution in [0.4, 0.5) is 4.39 Å². The standard InChI is InChI=1S/C15H21FN2O2.ClH/c1-10(8-11-4-2-3-5-13(11)16)18-15(19)14-7-6-12(9-17)20-14;/h2-5,10,12,14H,6-9,17H2,1H3,(H,18,19);1H/t10?,12-,14+;/m1./s1. The molecule has 1 amide bonds. The molecule has 1 unspecified atom stereocenters. The molecule has 21 heavy (non-hydrogen) atoms. The lowest BCUT2D eigenvalue weighted by Crippen LogP contribution is -2.41. The Balaban J connectivity index is 0.00000220. The van der Waals surface area contributed by atoms with Crippen molar-refractivity contribution in [3.05, 3.63) is 35.6 Å². The number of benzene rings is 1. The molecule has 0 aromatic heterocycles. The average Bonchev–Trinajstić information content (AvgIpc) is 2.90. The highest BCUT2D eigenvalue weighted by molar-refractivity contribution is 5.85. The number of carbonyl (C=O) groups excluding carboxylic acids is 1. The van der Waals surface area contributed by atoms with Gasteiger partial charge in [-0.2, -0.15) is 0 Å². The Bertz CT molecular complexity index is 473. The quantitative estimate of drug-likeness (QED) is 0.870. The van der Waals surface area contributed by atoms with E-state index in [-0.39, 0.29) is 36.3 Å². The lowest BCUT2D eigenvalue weighted by Gasteiger charge is -2.18. The van der Waals surface area contributed by atoms with Gasteiger partial charge in [-0.25, -0.2) is 4.39 Å². The van der Waals surface area contributed by atoms with Gasteiger partial charge in [-0.05, 0) is 37.8 Å². The summed E-state index contributed by atoms with van der Waals surface area (Å²) < 4.78 is 19.1. The topological polar surface area (TPSA) is 64.4 Å². The Morgan fingerprint density at radius 2 is 2.19 bits per heavy atom. The van der Waals surface area contributed by atoms with Gasteiger partial charge in [-0.1, -0.05) is 18.2 Å². The number of rotatable bonds is 5. The molecule has 4 nitrogen and oxygen atoms in total. The van der Waals surface area contributed by atoms with Gasteiger partial charge < -0.3 is 15.8 Å². The van der Waals surface area contributed by atoms with Gasteiger partial charge in [0.15, 0.2) is 0 Å². The minimum absolute atomic E-state index is 0. The molecule has 1 aliphatic heterocycles. The lowest BCUT2D eigenvalue weighted by molar-refractivity contribution is -0.132. The number of nitrogens with one attached hydrogen (secondary N) is 1. The Morgan fingerprint density at radius 1 is 1.48 bits per heavy atom. The van der Waals surface area contributed by atoms with E-state index >= 15 is 0 Å². The van der Waals surface area contributed by atoms with Crippen LogP contribution in [0.15, 0.2) is 24.3 Å². The molecule has 0 spiro atoms. The van der Waals surface area contributed by atoms with Crippen LogP contribution in [-0.2, 0) is 16.0 Å². The summed E-state index contributed by atoms with van der Waals surface area (Å²) in [6, 6.07) is 6.46. The molecule has 1 saturated heterocycles. The summed E-state index contributed by atoms with van der Waals surface area (Å²) in [5, 5.41) is 2.87. The summed E-state index contributed by atoms with van der Waals surface area (Å²) >= 11 is 0. The molecule has 3 atom stereocenters. The number of nitrogens with two attached hydrogens (primary N) is 1. The fourth-order valence-corrected chi connectivity index (χ4v) is 2.45. The van der Waals surface area contributed by atoms with Crippen molar-refractivity contribution in [1.29, 1.82) is 0 Å². The third kappa shape index (κ3) is 4.95. The van der Waals surface area contributed by atoms with Crippen LogP contribution in [0.2, 0.25) is 0 Å². The van der Waals surface area contributed by atoms with Crippen molar-refractivity contribution >= 4 is 18.3 Å². The number of carbonyl (C=O) groups is 1. The maximum atomic E-state index is 13.5. The van der Waals surface area contributed by atoms with Gasteiger partial charge in [-0.3, -0.25) is 4.79 Å². The van der Waals surface area contributed by atoms with Gasteiger partial charge in [-0.15, -0.1) is 12.4 Å². The van der Waals surface area contributed by atoms with E-state index in [2.05, 4.69) is 5.32 Å². The second-order valence-corrected chi connectivity index (χ2v) is 5.26. The van der Waals surface area contributed by atoms with E-state index in [9.17, 15) is 9.18 Å². The maximum Gasteiger partial charge on any atom is 0.249 e. The van der Waals surface area contributed by atoms with Crippen molar-refractivity contribution in [1.82, 2.24) is 5.32 Å². The smallest absolute Gasteiger partial charge is 0.249 e. The summed E-state index contributed by atoms with van der Waals surface area (Å²) in [5.41, 5.74) is 6.12. The van der Waals surface area contributed by atoms with Gasteiger partial charge in [0, 0.05) is 12.6 Å². The van der Waals surface area contributed by atoms with Crippen molar-refractivity contribution in [3.63, 3.8) is 0 Å². The predicted octanol–water partition coefficient (Wildman–Crippen LogP) is 1.80. The molecule has 0 saturated carbocycles. The van der Waals surface area contributed by atoms with E-state index in [1.807, 2.05) is 6.92 Å². The van der Waals surface area contributed by atoms with Gasteiger partial charge >= 0.3 is 0 Å². The van der Waals surface area contributed by atoms with Crippen LogP contribution in [-0.4, -0.2) is 30.7 Å². The maximum absolute atomic E-state index is 13.5. The summed E-state index contributed by atoms with van der Waals surface area (Å²) in [7, 11) is 0. The first kappa shape index (κ1) is 17.9. The van der Waals surface area contributed by atoms with Crippen molar-refractivity contribution in [2.75, 3.05) is 6.54 Å². The van der Waals surface area contributed by atoms with Gasteiger partial charge in [0.25, 0.3) is 0 Å². The zero-order valence-corrected chi connectivity index (χ0v) is 12.9. The molecule has 1 fully saturated rings. The summed E-state index contributed by atoms with van der Waals surface area (Å²) in [4.78, 5) is 12.0. The molecule has 1 aromatic carbocycles. The Kier molecular flexibility index (Phi) is 7.08. The van der Waals surface area contributed by atoms with Crippen LogP contribution in [0.3, 0.4) is 0 Å². The molecular weight excluding hydrogens is 295 g/mol. The second kappa shape index (κ2) is 8.32. The summed E-state index contributed by atoms with van der Waals surface area (Å²) in [5.74, 6) is -0.376. The van der Waals surface area contributed by atoms with Crippen LogP contribution in [0, 0.1) is 5.82 Å². The molecule has 2 rings (SSSR count). The first-order valence-corrected chi connectivity index (χ1v) is 6.99. The van der Waals surface area contributed by atoms with E-state index in [1.165, 1.54) is 6.07 Å². The molecule has 3 N–H and O–H groups in total. The second-order valence-electron chi connectivity index (χ2n) is 5.26. The van der Waals surface area contributed by atoms with Crippen LogP contribution in [0.1, 0.15) is 25.3 Å². The van der Waals surface area contributed by atoms with Crippen molar-refractivity contribution in [2.24, 2.45) is 5.73 Å². The van der Waals surface area contributed by atoms with E-state index in [4.69, 9.17) is 10.5 Å². The molecule has 1 heterocycles. The Labute approximate surface area is 130 Å². The van der Waals surface area contributed by atoms with E-state index in [0.717, 1.165) is 6.42 Å². The fourth-order valence-electron chi connectivity index (χ4n) is 2.45. The monoisotopic (exact) mass is 316 g/mol. The molecule has 0 aliphatic carbocycles. The Morgan fingerprint density at radius 3 is 2.81 bits per heavy atom. The molecular formula is C15H22ClFN2O2. The first-order chi connectivity index (χ1) is 9.60. The third-order valence-electron chi connectivity index (χ3n) is 3.54. The van der Waals surface area contributed by atoms with Crippen LogP contribution < -0.4 is 11.1 Å². The van der Waals surface area contributed by atoms with Crippen LogP contribution in [0.25, 0.3) is 0 Å². The van der Waals surface area contributed by atoms with Gasteiger partial charge in [0.2, 0.25) is 5.91 Å². The number of amides is 1. The zero-order valence-electron chi connectivity index (χ0n) is 12.0. The molecule has 1 aromatic rings. The Hall–Kier alpha value is -1.17. The lowest BCUT2D eigenvalue weighted by atomic mass is 10.1. The van der Waals surface area contributed by atoms with Gasteiger partial charge in [0.1, 0.15) is 11.9 Å². The molecule has 0 bridgehead atoms. The SMILES string of the molecule is CC(Cc1ccccc1F)NC(=O)[C@@H]1CC[C@H](CN)O1.Cl. The number of hydrogen-bond donors (Lipinski definition) is 2. The highest BCUT2D eigenvalue weighted by atomic mass is 35.5. The van der Waals surface area contributed by atoms with Crippen molar-refractivity contribution in [3.8, 4) is 0 Å². The summed E-state index contributed by atoms with van der Waals surface area (Å²) in [6.45, 7) is 2.30. The number of halogens is 2. The fraction of sp³-hybridized carbons (Fsp3) is 0.533. The summed E-state index contributed by atoms with van der Waals surface area (Å²) in [6.07, 6.45) is 1.53. The highest BCUT2D eigenvalue weighted by Gasteiger charge is 2.30. The van der Waals surface area contributed by atoms with Crippen LogP contribution >= 0.6 is 12.4 Å². The van der Waals surface area contributed by atoms with Gasteiger partial charge in [0.05, 0.1) is 6.10 Å². The van der Waals surface area contributed by atoms with Crippen molar-refractivity contribution in [2.45, 2.75) is 44.4 Å². The molecule has 0 radical (unpaired) electrons. The van der Waals surface area contributed by atoms with E-state index in [0.29, 0.717) is 24.9 Å². The largest absolute Gasteiger partial charge is 0.364 e. The van der Waals surface area contributed by atoms with Crippen molar-refractivity contribution < 1.29 is 13.9 Å². The normalized spacial score (nSPS) is 22.4.